The third-order valence-corrected chi connectivity index (χ3v) is 4.56. The average Bonchev–Trinajstić information content (AvgIpc) is 2.68. The third-order valence-electron chi connectivity index (χ3n) is 3.42. The van der Waals surface area contributed by atoms with Crippen molar-refractivity contribution in [1.82, 2.24) is 0 Å². The molecule has 2 aromatic rings. The second-order valence-electron chi connectivity index (χ2n) is 5.39. The lowest BCUT2D eigenvalue weighted by atomic mass is 10.2. The van der Waals surface area contributed by atoms with Crippen molar-refractivity contribution in [3.05, 3.63) is 59.3 Å². The molecule has 0 bridgehead atoms. The first-order valence-electron chi connectivity index (χ1n) is 7.84. The fourth-order valence-electron chi connectivity index (χ4n) is 2.10. The van der Waals surface area contributed by atoms with E-state index in [1.54, 1.807) is 24.3 Å². The van der Waals surface area contributed by atoms with Gasteiger partial charge in [-0.1, -0.05) is 11.6 Å². The van der Waals surface area contributed by atoms with E-state index in [9.17, 15) is 22.6 Å². The molecule has 11 heteroatoms. The maximum Gasteiger partial charge on any atom is 0.354 e. The second-order valence-corrected chi connectivity index (χ2v) is 7.21. The first kappa shape index (κ1) is 22.2. The van der Waals surface area contributed by atoms with Crippen LogP contribution in [0.25, 0.3) is 0 Å². The molecule has 0 aliphatic heterocycles. The van der Waals surface area contributed by atoms with Crippen LogP contribution in [0.3, 0.4) is 0 Å². The molecule has 0 fully saturated rings. The van der Waals surface area contributed by atoms with Gasteiger partial charge in [0.2, 0.25) is 0 Å². The molecule has 0 unspecified atom stereocenters. The van der Waals surface area contributed by atoms with Crippen LogP contribution in [0.5, 0.6) is 11.5 Å². The van der Waals surface area contributed by atoms with Crippen LogP contribution < -0.4 is 10.1 Å². The van der Waals surface area contributed by atoms with E-state index in [-0.39, 0.29) is 11.4 Å². The predicted octanol–water partition coefficient (Wildman–Crippen LogP) is 3.02. The molecule has 2 aromatic carbocycles. The molecule has 0 radical (unpaired) electrons. The fraction of sp³-hybridized carbons (Fsp3) is 0.111. The van der Waals surface area contributed by atoms with Crippen molar-refractivity contribution in [2.24, 2.45) is 0 Å². The van der Waals surface area contributed by atoms with Crippen molar-refractivity contribution in [3.63, 3.8) is 0 Å². The zero-order valence-electron chi connectivity index (χ0n) is 15.2. The van der Waals surface area contributed by atoms with Gasteiger partial charge in [0.15, 0.2) is 0 Å². The minimum Gasteiger partial charge on any atom is -0.466 e. The van der Waals surface area contributed by atoms with E-state index in [4.69, 9.17) is 16.3 Å². The first-order valence-corrected chi connectivity index (χ1v) is 9.66. The number of hydrogen-bond donors (Lipinski definition) is 2. The van der Waals surface area contributed by atoms with Crippen molar-refractivity contribution in [3.8, 4) is 11.5 Å². The van der Waals surface area contributed by atoms with Crippen molar-refractivity contribution in [2.45, 2.75) is 4.90 Å². The Morgan fingerprint density at radius 3 is 2.21 bits per heavy atom. The van der Waals surface area contributed by atoms with E-state index in [2.05, 4.69) is 14.8 Å². The Morgan fingerprint density at radius 1 is 1.03 bits per heavy atom. The summed E-state index contributed by atoms with van der Waals surface area (Å²) in [6.45, 7) is 0. The van der Waals surface area contributed by atoms with E-state index in [0.29, 0.717) is 10.8 Å². The second kappa shape index (κ2) is 9.41. The standard InChI is InChI=1S/C18H16ClNO8S/c1-26-17(21)10-15(18(22)27-2)20-14-8-7-13(9-16(14)29(23,24)25)28-12-5-3-11(19)4-6-12/h3-10,20H,1-2H3,(H,23,24,25)/b15-10+. The molecule has 0 spiro atoms. The summed E-state index contributed by atoms with van der Waals surface area (Å²) in [4.78, 5) is 22.7. The van der Waals surface area contributed by atoms with Gasteiger partial charge in [-0.3, -0.25) is 4.55 Å². The summed E-state index contributed by atoms with van der Waals surface area (Å²) in [6.07, 6.45) is 0.776. The minimum atomic E-state index is -4.73. The molecule has 0 amide bonds. The number of methoxy groups -OCH3 is 2. The smallest absolute Gasteiger partial charge is 0.354 e. The highest BCUT2D eigenvalue weighted by Gasteiger charge is 2.21. The van der Waals surface area contributed by atoms with Crippen molar-refractivity contribution in [1.29, 1.82) is 0 Å². The predicted molar refractivity (Wildman–Crippen MR) is 104 cm³/mol. The molecule has 2 N–H and O–H groups in total. The normalized spacial score (nSPS) is 11.5. The monoisotopic (exact) mass is 441 g/mol. The third kappa shape index (κ3) is 6.21. The zero-order chi connectivity index (χ0) is 21.6. The summed E-state index contributed by atoms with van der Waals surface area (Å²) in [7, 11) is -2.56. The summed E-state index contributed by atoms with van der Waals surface area (Å²) in [5, 5.41) is 2.93. The Hall–Kier alpha value is -3.08. The summed E-state index contributed by atoms with van der Waals surface area (Å²) >= 11 is 5.80. The minimum absolute atomic E-state index is 0.0852. The number of halogens is 1. The highest BCUT2D eigenvalue weighted by atomic mass is 35.5. The number of anilines is 1. The summed E-state index contributed by atoms with van der Waals surface area (Å²) < 4.78 is 47.7. The Balaban J connectivity index is 2.43. The van der Waals surface area contributed by atoms with Gasteiger partial charge in [0.25, 0.3) is 10.1 Å². The molecule has 29 heavy (non-hydrogen) atoms. The Labute approximate surface area is 171 Å². The molecule has 0 saturated heterocycles. The largest absolute Gasteiger partial charge is 0.466 e. The van der Waals surface area contributed by atoms with Gasteiger partial charge in [-0.2, -0.15) is 8.42 Å². The van der Waals surface area contributed by atoms with Gasteiger partial charge < -0.3 is 19.5 Å². The van der Waals surface area contributed by atoms with E-state index < -0.39 is 32.6 Å². The van der Waals surface area contributed by atoms with Crippen LogP contribution in [0.1, 0.15) is 0 Å². The van der Waals surface area contributed by atoms with Crippen LogP contribution in [-0.4, -0.2) is 39.1 Å². The molecule has 0 heterocycles. The molecule has 0 atom stereocenters. The van der Waals surface area contributed by atoms with Crippen molar-refractivity contribution < 1.29 is 36.8 Å². The number of benzene rings is 2. The molecule has 0 aliphatic carbocycles. The van der Waals surface area contributed by atoms with Crippen LogP contribution in [0.2, 0.25) is 5.02 Å². The highest BCUT2D eigenvalue weighted by molar-refractivity contribution is 7.86. The quantitative estimate of drug-likeness (QED) is 0.378. The Kier molecular flexibility index (Phi) is 7.21. The molecule has 0 aromatic heterocycles. The van der Waals surface area contributed by atoms with Crippen molar-refractivity contribution in [2.75, 3.05) is 19.5 Å². The number of esters is 2. The summed E-state index contributed by atoms with van der Waals surface area (Å²) in [6, 6.07) is 9.96. The number of nitrogens with one attached hydrogen (secondary N) is 1. The Bertz CT molecular complexity index is 1050. The van der Waals surface area contributed by atoms with Crippen LogP contribution in [0, 0.1) is 0 Å². The van der Waals surface area contributed by atoms with Crippen LogP contribution in [0.4, 0.5) is 5.69 Å². The van der Waals surface area contributed by atoms with Crippen molar-refractivity contribution >= 4 is 39.3 Å². The first-order chi connectivity index (χ1) is 13.6. The van der Waals surface area contributed by atoms with Gasteiger partial charge in [-0.05, 0) is 36.4 Å². The lowest BCUT2D eigenvalue weighted by Gasteiger charge is -2.14. The maximum atomic E-state index is 11.9. The zero-order valence-corrected chi connectivity index (χ0v) is 16.8. The van der Waals surface area contributed by atoms with Gasteiger partial charge in [-0.25, -0.2) is 9.59 Å². The van der Waals surface area contributed by atoms with Gasteiger partial charge in [0.05, 0.1) is 26.0 Å². The van der Waals surface area contributed by atoms with Crippen LogP contribution in [0.15, 0.2) is 59.1 Å². The number of carbonyl (C=O) groups excluding carboxylic acids is 2. The number of carbonyl (C=O) groups is 2. The highest BCUT2D eigenvalue weighted by Crippen LogP contribution is 2.30. The van der Waals surface area contributed by atoms with E-state index in [1.165, 1.54) is 12.1 Å². The molecule has 9 nitrogen and oxygen atoms in total. The van der Waals surface area contributed by atoms with E-state index in [1.807, 2.05) is 0 Å². The lowest BCUT2D eigenvalue weighted by molar-refractivity contribution is -0.138. The molecule has 0 saturated carbocycles. The van der Waals surface area contributed by atoms with E-state index in [0.717, 1.165) is 26.4 Å². The van der Waals surface area contributed by atoms with Gasteiger partial charge >= 0.3 is 11.9 Å². The molecular formula is C18H16ClNO8S. The molecule has 154 valence electrons. The van der Waals surface area contributed by atoms with Gasteiger partial charge in [0, 0.05) is 11.1 Å². The van der Waals surface area contributed by atoms with Crippen LogP contribution in [-0.2, 0) is 29.2 Å². The van der Waals surface area contributed by atoms with Crippen LogP contribution >= 0.6 is 11.6 Å². The van der Waals surface area contributed by atoms with E-state index >= 15 is 0 Å². The molecular weight excluding hydrogens is 426 g/mol. The maximum absolute atomic E-state index is 11.9. The SMILES string of the molecule is COC(=O)/C=C(/Nc1ccc(Oc2ccc(Cl)cc2)cc1S(=O)(=O)O)C(=O)OC. The lowest BCUT2D eigenvalue weighted by Crippen LogP contribution is -2.17. The number of rotatable bonds is 7. The van der Waals surface area contributed by atoms with Gasteiger partial charge in [-0.15, -0.1) is 0 Å². The molecule has 0 aliphatic rings. The number of ether oxygens (including phenoxy) is 3. The topological polar surface area (TPSA) is 128 Å². The average molecular weight is 442 g/mol. The Morgan fingerprint density at radius 2 is 1.66 bits per heavy atom. The summed E-state index contributed by atoms with van der Waals surface area (Å²) in [5.74, 6) is -1.38. The molecule has 2 rings (SSSR count). The number of hydrogen-bond acceptors (Lipinski definition) is 8. The fourth-order valence-corrected chi connectivity index (χ4v) is 2.89. The van der Waals surface area contributed by atoms with Gasteiger partial charge in [0.1, 0.15) is 22.1 Å². The summed E-state index contributed by atoms with van der Waals surface area (Å²) in [5.41, 5.74) is -0.605.